The predicted molar refractivity (Wildman–Crippen MR) is 113 cm³/mol. The molecular weight excluding hydrogens is 337 g/mol. The van der Waals surface area contributed by atoms with Crippen LogP contribution in [-0.2, 0) is 0 Å². The van der Waals surface area contributed by atoms with Crippen molar-refractivity contribution in [2.45, 2.75) is 39.3 Å². The normalized spacial score (nSPS) is 12.4. The Labute approximate surface area is 148 Å². The summed E-state index contributed by atoms with van der Waals surface area (Å²) in [5.41, 5.74) is 6.67. The van der Waals surface area contributed by atoms with Crippen molar-refractivity contribution >= 4 is 39.7 Å². The van der Waals surface area contributed by atoms with Crippen LogP contribution in [0.2, 0.25) is 39.3 Å². The molecule has 0 aromatic rings. The third-order valence-corrected chi connectivity index (χ3v) is 5.16. The molecule has 0 aromatic carbocycles. The van der Waals surface area contributed by atoms with Crippen LogP contribution in [0.25, 0.3) is 0 Å². The summed E-state index contributed by atoms with van der Waals surface area (Å²) in [7, 11) is -2.63. The van der Waals surface area contributed by atoms with Crippen LogP contribution >= 0.6 is 23.5 Å². The topological polar surface area (TPSA) is 0 Å². The zero-order valence-corrected chi connectivity index (χ0v) is 18.6. The molecule has 0 aliphatic carbocycles. The average Bonchev–Trinajstić information content (AvgIpc) is 2.37. The number of allylic oxidation sites excluding steroid dienone is 4. The Bertz CT molecular complexity index is 556. The molecule has 118 valence electrons. The summed E-state index contributed by atoms with van der Waals surface area (Å²) >= 11 is 3.27. The van der Waals surface area contributed by atoms with Gasteiger partial charge in [0.05, 0.1) is 9.81 Å². The summed E-state index contributed by atoms with van der Waals surface area (Å²) < 4.78 is 0. The maximum absolute atomic E-state index is 3.33. The smallest absolute Gasteiger partial charge is 0.127 e. The summed E-state index contributed by atoms with van der Waals surface area (Å²) in [6, 6.07) is 0. The summed E-state index contributed by atoms with van der Waals surface area (Å²) in [4.78, 5) is 2.01. The third kappa shape index (κ3) is 13.0. The van der Waals surface area contributed by atoms with Crippen molar-refractivity contribution in [3.63, 3.8) is 0 Å². The lowest BCUT2D eigenvalue weighted by atomic mass is 10.4. The van der Waals surface area contributed by atoms with Crippen molar-refractivity contribution in [2.75, 3.05) is 12.5 Å². The van der Waals surface area contributed by atoms with E-state index >= 15 is 0 Å². The Hall–Kier alpha value is -0.706. The van der Waals surface area contributed by atoms with Gasteiger partial charge in [0, 0.05) is 12.2 Å². The van der Waals surface area contributed by atoms with Crippen LogP contribution in [0.15, 0.2) is 22.0 Å². The van der Waals surface area contributed by atoms with E-state index in [4.69, 9.17) is 0 Å². The monoisotopic (exact) mass is 362 g/mol. The first kappa shape index (κ1) is 21.3. The zero-order valence-electron chi connectivity index (χ0n) is 15.0. The highest BCUT2D eigenvalue weighted by Crippen LogP contribution is 2.13. The van der Waals surface area contributed by atoms with Crippen LogP contribution < -0.4 is 0 Å². The molecule has 0 nitrogen and oxygen atoms in total. The summed E-state index contributed by atoms with van der Waals surface area (Å²) in [6.45, 7) is 13.4. The maximum atomic E-state index is 3.33. The van der Waals surface area contributed by atoms with E-state index in [2.05, 4.69) is 74.1 Å². The van der Waals surface area contributed by atoms with Gasteiger partial charge in [0.2, 0.25) is 0 Å². The largest absolute Gasteiger partial charge is 0.129 e. The minimum absolute atomic E-state index is 1.00. The second-order valence-electron chi connectivity index (χ2n) is 6.71. The van der Waals surface area contributed by atoms with Gasteiger partial charge in [0.15, 0.2) is 0 Å². The summed E-state index contributed by atoms with van der Waals surface area (Å²) in [6.07, 6.45) is 7.93. The lowest BCUT2D eigenvalue weighted by molar-refractivity contribution is 1.81. The Morgan fingerprint density at radius 3 is 1.23 bits per heavy atom. The van der Waals surface area contributed by atoms with Crippen molar-refractivity contribution in [2.24, 2.45) is 0 Å². The number of hydrogen-bond donors (Lipinski definition) is 0. The summed E-state index contributed by atoms with van der Waals surface area (Å²) in [5, 5.41) is 0. The fourth-order valence-electron chi connectivity index (χ4n) is 1.05. The third-order valence-electron chi connectivity index (χ3n) is 2.05. The molecule has 0 fully saturated rings. The first-order chi connectivity index (χ1) is 10.1. The number of hydrogen-bond acceptors (Lipinski definition) is 2. The SMILES string of the molecule is CS/C(C#C/C(=C/C#C[Si](C)(C)C)SC)=C\C#C[Si](C)(C)C. The second-order valence-corrected chi connectivity index (χ2v) is 17.9. The van der Waals surface area contributed by atoms with E-state index in [1.807, 2.05) is 24.7 Å². The molecule has 0 unspecified atom stereocenters. The fourth-order valence-corrected chi connectivity index (χ4v) is 2.72. The van der Waals surface area contributed by atoms with Gasteiger partial charge in [-0.1, -0.05) is 63.0 Å². The van der Waals surface area contributed by atoms with Crippen LogP contribution in [0, 0.1) is 34.8 Å². The average molecular weight is 363 g/mol. The molecule has 0 amide bonds. The highest BCUT2D eigenvalue weighted by atomic mass is 32.2. The van der Waals surface area contributed by atoms with E-state index in [1.165, 1.54) is 0 Å². The zero-order chi connectivity index (χ0) is 17.2. The van der Waals surface area contributed by atoms with E-state index in [1.54, 1.807) is 23.5 Å². The Morgan fingerprint density at radius 2 is 1.00 bits per heavy atom. The lowest BCUT2D eigenvalue weighted by Gasteiger charge is -2.02. The van der Waals surface area contributed by atoms with Gasteiger partial charge < -0.3 is 0 Å². The highest BCUT2D eigenvalue weighted by molar-refractivity contribution is 8.03. The summed E-state index contributed by atoms with van der Waals surface area (Å²) in [5.74, 6) is 12.7. The van der Waals surface area contributed by atoms with Gasteiger partial charge in [-0.25, -0.2) is 0 Å². The molecule has 0 saturated carbocycles. The quantitative estimate of drug-likeness (QED) is 0.486. The molecule has 0 N–H and O–H groups in total. The Balaban J connectivity index is 5.18. The van der Waals surface area contributed by atoms with Gasteiger partial charge in [0.1, 0.15) is 16.1 Å². The van der Waals surface area contributed by atoms with Crippen LogP contribution in [0.1, 0.15) is 0 Å². The van der Waals surface area contributed by atoms with E-state index in [9.17, 15) is 0 Å². The molecule has 4 heteroatoms. The number of thioether (sulfide) groups is 2. The Kier molecular flexibility index (Phi) is 9.82. The van der Waals surface area contributed by atoms with Gasteiger partial charge in [-0.3, -0.25) is 0 Å². The van der Waals surface area contributed by atoms with Crippen molar-refractivity contribution in [3.05, 3.63) is 22.0 Å². The molecule has 0 aliphatic rings. The standard InChI is InChI=1S/C18H26S2Si2/c1-19-17(11-9-15-21(3,4)5)13-14-18(20-2)12-10-16-22(6,7)8/h11-12H,1-8H3/b17-11-,18-12-. The molecule has 0 rings (SSSR count). The molecular formula is C18H26S2Si2. The van der Waals surface area contributed by atoms with Crippen molar-refractivity contribution in [3.8, 4) is 34.8 Å². The minimum Gasteiger partial charge on any atom is -0.127 e. The highest BCUT2D eigenvalue weighted by Gasteiger charge is 2.07. The molecule has 0 atom stereocenters. The lowest BCUT2D eigenvalue weighted by Crippen LogP contribution is -2.16. The van der Waals surface area contributed by atoms with Crippen molar-refractivity contribution < 1.29 is 0 Å². The van der Waals surface area contributed by atoms with E-state index in [0.717, 1.165) is 9.81 Å². The van der Waals surface area contributed by atoms with Crippen LogP contribution in [0.3, 0.4) is 0 Å². The number of rotatable bonds is 2. The molecule has 0 saturated heterocycles. The van der Waals surface area contributed by atoms with Crippen LogP contribution in [-0.4, -0.2) is 28.7 Å². The fraction of sp³-hybridized carbons (Fsp3) is 0.444. The minimum atomic E-state index is -1.32. The molecule has 0 aliphatic heterocycles. The molecule has 22 heavy (non-hydrogen) atoms. The second kappa shape index (κ2) is 10.1. The van der Waals surface area contributed by atoms with Gasteiger partial charge in [-0.2, -0.15) is 0 Å². The van der Waals surface area contributed by atoms with Crippen molar-refractivity contribution in [1.29, 1.82) is 0 Å². The molecule has 0 aromatic heterocycles. The van der Waals surface area contributed by atoms with Crippen molar-refractivity contribution in [1.82, 2.24) is 0 Å². The Morgan fingerprint density at radius 1 is 0.682 bits per heavy atom. The van der Waals surface area contributed by atoms with Crippen LogP contribution in [0.5, 0.6) is 0 Å². The first-order valence-electron chi connectivity index (χ1n) is 7.13. The molecule has 0 spiro atoms. The van der Waals surface area contributed by atoms with Gasteiger partial charge in [0.25, 0.3) is 0 Å². The molecule has 0 heterocycles. The van der Waals surface area contributed by atoms with Crippen LogP contribution in [0.4, 0.5) is 0 Å². The van der Waals surface area contributed by atoms with E-state index in [0.29, 0.717) is 0 Å². The van der Waals surface area contributed by atoms with Gasteiger partial charge in [-0.15, -0.1) is 34.6 Å². The van der Waals surface area contributed by atoms with Gasteiger partial charge >= 0.3 is 0 Å². The first-order valence-corrected chi connectivity index (χ1v) is 16.6. The molecule has 0 bridgehead atoms. The predicted octanol–water partition coefficient (Wildman–Crippen LogP) is 5.25. The van der Waals surface area contributed by atoms with E-state index < -0.39 is 16.1 Å². The van der Waals surface area contributed by atoms with E-state index in [-0.39, 0.29) is 0 Å². The molecule has 0 radical (unpaired) electrons. The maximum Gasteiger partial charge on any atom is 0.129 e. The van der Waals surface area contributed by atoms with Gasteiger partial charge in [-0.05, 0) is 12.5 Å².